The molecule has 1 aromatic heterocycles. The van der Waals surface area contributed by atoms with Gasteiger partial charge < -0.3 is 10.2 Å². The van der Waals surface area contributed by atoms with Crippen LogP contribution in [-0.4, -0.2) is 34.3 Å². The molecule has 19 heavy (non-hydrogen) atoms. The first kappa shape index (κ1) is 14.0. The molecule has 1 fully saturated rings. The molecule has 2 rings (SSSR count). The first-order valence-corrected chi connectivity index (χ1v) is 7.38. The molecular weight excluding hydrogens is 262 g/mol. The molecule has 0 saturated carbocycles. The molecule has 5 nitrogen and oxygen atoms in total. The summed E-state index contributed by atoms with van der Waals surface area (Å²) in [7, 11) is 0. The van der Waals surface area contributed by atoms with E-state index in [1.807, 2.05) is 26.2 Å². The second kappa shape index (κ2) is 5.69. The van der Waals surface area contributed by atoms with Gasteiger partial charge in [-0.1, -0.05) is 13.8 Å². The van der Waals surface area contributed by atoms with E-state index in [2.05, 4.69) is 10.3 Å². The summed E-state index contributed by atoms with van der Waals surface area (Å²) >= 11 is 1.53. The van der Waals surface area contributed by atoms with Crippen LogP contribution >= 0.6 is 11.3 Å². The van der Waals surface area contributed by atoms with Crippen LogP contribution in [0, 0.1) is 5.92 Å². The van der Waals surface area contributed by atoms with Crippen LogP contribution in [-0.2, 0) is 9.59 Å². The first-order valence-electron chi connectivity index (χ1n) is 6.50. The summed E-state index contributed by atoms with van der Waals surface area (Å²) in [6.45, 7) is 6.30. The third kappa shape index (κ3) is 2.94. The lowest BCUT2D eigenvalue weighted by Gasteiger charge is -2.30. The van der Waals surface area contributed by atoms with Crippen molar-refractivity contribution in [1.29, 1.82) is 0 Å². The summed E-state index contributed by atoms with van der Waals surface area (Å²) in [5.74, 6) is 0.0185. The van der Waals surface area contributed by atoms with E-state index in [9.17, 15) is 9.59 Å². The number of hydrogen-bond acceptors (Lipinski definition) is 4. The zero-order chi connectivity index (χ0) is 14.0. The SMILES string of the molecule is CC(C)C1NC(=O)CCN(C(C)c2nccs2)C1=O. The van der Waals surface area contributed by atoms with Crippen LogP contribution in [0.2, 0.25) is 0 Å². The van der Waals surface area contributed by atoms with Crippen molar-refractivity contribution in [3.63, 3.8) is 0 Å². The molecule has 0 aliphatic carbocycles. The van der Waals surface area contributed by atoms with E-state index in [0.717, 1.165) is 5.01 Å². The van der Waals surface area contributed by atoms with E-state index in [-0.39, 0.29) is 23.8 Å². The fraction of sp³-hybridized carbons (Fsp3) is 0.615. The maximum absolute atomic E-state index is 12.6. The number of carbonyl (C=O) groups is 2. The highest BCUT2D eigenvalue weighted by Crippen LogP contribution is 2.25. The zero-order valence-corrected chi connectivity index (χ0v) is 12.2. The Morgan fingerprint density at radius 2 is 2.16 bits per heavy atom. The number of hydrogen-bond donors (Lipinski definition) is 1. The molecule has 0 bridgehead atoms. The fourth-order valence-corrected chi connectivity index (χ4v) is 2.94. The van der Waals surface area contributed by atoms with E-state index >= 15 is 0 Å². The topological polar surface area (TPSA) is 62.3 Å². The molecule has 1 aliphatic heterocycles. The molecule has 0 aromatic carbocycles. The van der Waals surface area contributed by atoms with Gasteiger partial charge in [-0.25, -0.2) is 4.98 Å². The van der Waals surface area contributed by atoms with E-state index in [1.165, 1.54) is 11.3 Å². The molecule has 1 saturated heterocycles. The van der Waals surface area contributed by atoms with Gasteiger partial charge in [-0.15, -0.1) is 11.3 Å². The molecule has 104 valence electrons. The van der Waals surface area contributed by atoms with Gasteiger partial charge in [0.05, 0.1) is 6.04 Å². The van der Waals surface area contributed by atoms with Gasteiger partial charge in [-0.3, -0.25) is 9.59 Å². The molecule has 1 N–H and O–H groups in total. The number of rotatable bonds is 3. The molecule has 0 radical (unpaired) electrons. The number of nitrogens with zero attached hydrogens (tertiary/aromatic N) is 2. The highest BCUT2D eigenvalue weighted by atomic mass is 32.1. The van der Waals surface area contributed by atoms with Crippen molar-refractivity contribution in [2.75, 3.05) is 6.54 Å². The summed E-state index contributed by atoms with van der Waals surface area (Å²) < 4.78 is 0. The number of amides is 2. The normalized spacial score (nSPS) is 22.3. The minimum Gasteiger partial charge on any atom is -0.344 e. The van der Waals surface area contributed by atoms with Crippen LogP contribution in [0.4, 0.5) is 0 Å². The third-order valence-electron chi connectivity index (χ3n) is 3.39. The maximum atomic E-state index is 12.6. The Bertz CT molecular complexity index is 458. The Balaban J connectivity index is 2.23. The molecule has 1 aromatic rings. The van der Waals surface area contributed by atoms with E-state index in [0.29, 0.717) is 13.0 Å². The lowest BCUT2D eigenvalue weighted by Crippen LogP contribution is -2.48. The van der Waals surface area contributed by atoms with E-state index in [1.54, 1.807) is 11.1 Å². The Hall–Kier alpha value is -1.43. The molecule has 0 spiro atoms. The Morgan fingerprint density at radius 3 is 2.74 bits per heavy atom. The average Bonchev–Trinajstić information content (AvgIpc) is 2.84. The van der Waals surface area contributed by atoms with Crippen molar-refractivity contribution in [1.82, 2.24) is 15.2 Å². The highest BCUT2D eigenvalue weighted by molar-refractivity contribution is 7.09. The summed E-state index contributed by atoms with van der Waals surface area (Å²) in [6.07, 6.45) is 2.09. The van der Waals surface area contributed by atoms with Crippen molar-refractivity contribution in [2.45, 2.75) is 39.3 Å². The monoisotopic (exact) mass is 281 g/mol. The lowest BCUT2D eigenvalue weighted by molar-refractivity contribution is -0.136. The van der Waals surface area contributed by atoms with Gasteiger partial charge in [0.1, 0.15) is 11.0 Å². The second-order valence-corrected chi connectivity index (χ2v) is 6.04. The Kier molecular flexibility index (Phi) is 4.19. The van der Waals surface area contributed by atoms with Crippen LogP contribution < -0.4 is 5.32 Å². The van der Waals surface area contributed by atoms with Crippen molar-refractivity contribution >= 4 is 23.2 Å². The zero-order valence-electron chi connectivity index (χ0n) is 11.4. The van der Waals surface area contributed by atoms with Crippen molar-refractivity contribution in [3.8, 4) is 0 Å². The van der Waals surface area contributed by atoms with Crippen molar-refractivity contribution in [3.05, 3.63) is 16.6 Å². The molecule has 2 atom stereocenters. The first-order chi connectivity index (χ1) is 9.00. The Morgan fingerprint density at radius 1 is 1.42 bits per heavy atom. The largest absolute Gasteiger partial charge is 0.344 e. The van der Waals surface area contributed by atoms with Crippen LogP contribution in [0.5, 0.6) is 0 Å². The number of thiazole rings is 1. The van der Waals surface area contributed by atoms with Gasteiger partial charge >= 0.3 is 0 Å². The van der Waals surface area contributed by atoms with Crippen LogP contribution in [0.1, 0.15) is 38.2 Å². The van der Waals surface area contributed by atoms with Gasteiger partial charge in [-0.2, -0.15) is 0 Å². The minimum absolute atomic E-state index is 0.0106. The standard InChI is InChI=1S/C13H19N3O2S/c1-8(2)11-13(18)16(6-4-10(17)15-11)9(3)12-14-5-7-19-12/h5,7-9,11H,4,6H2,1-3H3,(H,15,17). The summed E-state index contributed by atoms with van der Waals surface area (Å²) in [4.78, 5) is 30.3. The molecular formula is C13H19N3O2S. The Labute approximate surface area is 117 Å². The van der Waals surface area contributed by atoms with Gasteiger partial charge in [0.2, 0.25) is 11.8 Å². The molecule has 1 aliphatic rings. The quantitative estimate of drug-likeness (QED) is 0.915. The fourth-order valence-electron chi connectivity index (χ4n) is 2.23. The van der Waals surface area contributed by atoms with Crippen LogP contribution in [0.15, 0.2) is 11.6 Å². The maximum Gasteiger partial charge on any atom is 0.246 e. The molecule has 2 amide bonds. The third-order valence-corrected chi connectivity index (χ3v) is 4.33. The minimum atomic E-state index is -0.433. The summed E-state index contributed by atoms with van der Waals surface area (Å²) in [5.41, 5.74) is 0. The van der Waals surface area contributed by atoms with Crippen molar-refractivity contribution < 1.29 is 9.59 Å². The molecule has 2 heterocycles. The number of aromatic nitrogens is 1. The smallest absolute Gasteiger partial charge is 0.246 e. The van der Waals surface area contributed by atoms with Crippen LogP contribution in [0.3, 0.4) is 0 Å². The van der Waals surface area contributed by atoms with Gasteiger partial charge in [0.15, 0.2) is 0 Å². The molecule has 6 heteroatoms. The summed E-state index contributed by atoms with van der Waals surface area (Å²) in [6, 6.07) is -0.515. The van der Waals surface area contributed by atoms with E-state index < -0.39 is 6.04 Å². The van der Waals surface area contributed by atoms with Gasteiger partial charge in [0, 0.05) is 24.5 Å². The average molecular weight is 281 g/mol. The number of carbonyl (C=O) groups excluding carboxylic acids is 2. The number of nitrogens with one attached hydrogen (secondary N) is 1. The predicted molar refractivity (Wildman–Crippen MR) is 73.6 cm³/mol. The van der Waals surface area contributed by atoms with Gasteiger partial charge in [0.25, 0.3) is 0 Å². The van der Waals surface area contributed by atoms with Crippen LogP contribution in [0.25, 0.3) is 0 Å². The van der Waals surface area contributed by atoms with Gasteiger partial charge in [-0.05, 0) is 12.8 Å². The van der Waals surface area contributed by atoms with E-state index in [4.69, 9.17) is 0 Å². The second-order valence-electron chi connectivity index (χ2n) is 5.12. The molecule has 2 unspecified atom stereocenters. The highest BCUT2D eigenvalue weighted by Gasteiger charge is 2.35. The summed E-state index contributed by atoms with van der Waals surface area (Å²) in [5, 5.41) is 5.62. The predicted octanol–water partition coefficient (Wildman–Crippen LogP) is 1.58. The lowest BCUT2D eigenvalue weighted by atomic mass is 10.0. The van der Waals surface area contributed by atoms with Crippen molar-refractivity contribution in [2.24, 2.45) is 5.92 Å².